The van der Waals surface area contributed by atoms with Crippen molar-refractivity contribution in [3.05, 3.63) is 24.0 Å². The van der Waals surface area contributed by atoms with Crippen LogP contribution in [0.4, 0.5) is 5.82 Å². The molecule has 3 fully saturated rings. The first kappa shape index (κ1) is 19.9. The van der Waals surface area contributed by atoms with E-state index in [1.54, 1.807) is 8.99 Å². The Morgan fingerprint density at radius 2 is 1.97 bits per heavy atom. The number of piperidine rings is 1. The van der Waals surface area contributed by atoms with Crippen molar-refractivity contribution in [1.82, 2.24) is 24.3 Å². The molecule has 2 saturated carbocycles. The molecule has 2 aliphatic carbocycles. The van der Waals surface area contributed by atoms with Gasteiger partial charge in [-0.15, -0.1) is 10.2 Å². The summed E-state index contributed by atoms with van der Waals surface area (Å²) in [5, 5.41) is 16.5. The Labute approximate surface area is 178 Å². The molecule has 0 amide bonds. The molecule has 1 saturated heterocycles. The van der Waals surface area contributed by atoms with Crippen LogP contribution in [-0.2, 0) is 17.1 Å². The Bertz CT molecular complexity index is 1020. The minimum Gasteiger partial charge on any atom is -0.368 e. The van der Waals surface area contributed by atoms with Gasteiger partial charge < -0.3 is 5.32 Å². The maximum Gasteiger partial charge on any atom is 0.214 e. The Hall–Kier alpha value is -2.00. The molecule has 1 atom stereocenters. The largest absolute Gasteiger partial charge is 0.368 e. The second-order valence-electron chi connectivity index (χ2n) is 9.37. The van der Waals surface area contributed by atoms with E-state index in [1.807, 2.05) is 32.3 Å². The molecule has 2 aromatic heterocycles. The molecular formula is C21H30N6O2S. The van der Waals surface area contributed by atoms with Crippen molar-refractivity contribution in [3.63, 3.8) is 0 Å². The first-order valence-corrected chi connectivity index (χ1v) is 12.5. The quantitative estimate of drug-likeness (QED) is 0.725. The van der Waals surface area contributed by atoms with Crippen molar-refractivity contribution >= 4 is 15.8 Å². The van der Waals surface area contributed by atoms with Gasteiger partial charge in [-0.25, -0.2) is 12.7 Å². The van der Waals surface area contributed by atoms with E-state index in [2.05, 4.69) is 20.6 Å². The molecule has 1 N–H and O–H groups in total. The summed E-state index contributed by atoms with van der Waals surface area (Å²) in [4.78, 5) is 0. The number of hydrogen-bond acceptors (Lipinski definition) is 6. The van der Waals surface area contributed by atoms with Crippen LogP contribution in [0.15, 0.2) is 18.3 Å². The molecule has 8 nitrogen and oxygen atoms in total. The van der Waals surface area contributed by atoms with E-state index in [9.17, 15) is 8.42 Å². The fourth-order valence-corrected chi connectivity index (χ4v) is 6.76. The molecule has 5 rings (SSSR count). The van der Waals surface area contributed by atoms with Crippen molar-refractivity contribution in [1.29, 1.82) is 0 Å². The van der Waals surface area contributed by atoms with Gasteiger partial charge in [0.25, 0.3) is 0 Å². The Morgan fingerprint density at radius 3 is 2.57 bits per heavy atom. The van der Waals surface area contributed by atoms with Crippen molar-refractivity contribution < 1.29 is 8.42 Å². The lowest BCUT2D eigenvalue weighted by atomic mass is 9.92. The van der Waals surface area contributed by atoms with Gasteiger partial charge in [-0.1, -0.05) is 0 Å². The highest BCUT2D eigenvalue weighted by Gasteiger charge is 2.55. The van der Waals surface area contributed by atoms with Gasteiger partial charge in [0.1, 0.15) is 5.82 Å². The average Bonchev–Trinajstić information content (AvgIpc) is 3.62. The third kappa shape index (κ3) is 3.97. The summed E-state index contributed by atoms with van der Waals surface area (Å²) in [7, 11) is -1.15. The predicted molar refractivity (Wildman–Crippen MR) is 115 cm³/mol. The molecular weight excluding hydrogens is 400 g/mol. The zero-order valence-electron chi connectivity index (χ0n) is 17.7. The third-order valence-corrected chi connectivity index (χ3v) is 9.14. The Morgan fingerprint density at radius 1 is 1.20 bits per heavy atom. The SMILES string of the molecule is Cc1nn(C)cc1-c1ccc(NCC2CC23CCN(S(=O)(=O)CC2CC2)CC3)nn1. The number of sulfonamides is 1. The highest BCUT2D eigenvalue weighted by molar-refractivity contribution is 7.89. The molecule has 3 heterocycles. The van der Waals surface area contributed by atoms with E-state index >= 15 is 0 Å². The molecule has 162 valence electrons. The maximum absolute atomic E-state index is 12.5. The smallest absolute Gasteiger partial charge is 0.214 e. The van der Waals surface area contributed by atoms with Crippen LogP contribution in [0.2, 0.25) is 0 Å². The highest BCUT2D eigenvalue weighted by Crippen LogP contribution is 2.59. The molecule has 2 aromatic rings. The fourth-order valence-electron chi connectivity index (χ4n) is 4.88. The van der Waals surface area contributed by atoms with Gasteiger partial charge in [-0.05, 0) is 68.4 Å². The van der Waals surface area contributed by atoms with Gasteiger partial charge in [0.15, 0.2) is 0 Å². The summed E-state index contributed by atoms with van der Waals surface area (Å²) >= 11 is 0. The van der Waals surface area contributed by atoms with Gasteiger partial charge in [0.05, 0.1) is 17.1 Å². The molecule has 1 spiro atoms. The summed E-state index contributed by atoms with van der Waals surface area (Å²) in [5.74, 6) is 2.15. The van der Waals surface area contributed by atoms with Gasteiger partial charge in [0, 0.05) is 38.4 Å². The number of aromatic nitrogens is 4. The van der Waals surface area contributed by atoms with E-state index in [0.717, 1.165) is 55.0 Å². The van der Waals surface area contributed by atoms with Crippen LogP contribution in [0.3, 0.4) is 0 Å². The predicted octanol–water partition coefficient (Wildman–Crippen LogP) is 2.44. The number of anilines is 1. The second-order valence-corrected chi connectivity index (χ2v) is 11.4. The number of aryl methyl sites for hydroxylation is 2. The monoisotopic (exact) mass is 430 g/mol. The lowest BCUT2D eigenvalue weighted by molar-refractivity contribution is 0.242. The van der Waals surface area contributed by atoms with Crippen molar-refractivity contribution in [2.24, 2.45) is 24.3 Å². The molecule has 30 heavy (non-hydrogen) atoms. The molecule has 1 aliphatic heterocycles. The topological polar surface area (TPSA) is 93.0 Å². The first-order valence-electron chi connectivity index (χ1n) is 10.9. The number of nitrogens with one attached hydrogen (secondary N) is 1. The summed E-state index contributed by atoms with van der Waals surface area (Å²) in [5.41, 5.74) is 3.09. The zero-order valence-corrected chi connectivity index (χ0v) is 18.5. The summed E-state index contributed by atoms with van der Waals surface area (Å²) < 4.78 is 28.5. The lowest BCUT2D eigenvalue weighted by Gasteiger charge is -2.32. The van der Waals surface area contributed by atoms with Crippen LogP contribution >= 0.6 is 0 Å². The molecule has 9 heteroatoms. The van der Waals surface area contributed by atoms with Crippen LogP contribution in [0, 0.1) is 24.2 Å². The van der Waals surface area contributed by atoms with E-state index in [1.165, 1.54) is 6.42 Å². The van der Waals surface area contributed by atoms with E-state index in [4.69, 9.17) is 0 Å². The van der Waals surface area contributed by atoms with Gasteiger partial charge in [0.2, 0.25) is 10.0 Å². The third-order valence-electron chi connectivity index (χ3n) is 7.10. The number of rotatable bonds is 7. The zero-order chi connectivity index (χ0) is 20.9. The van der Waals surface area contributed by atoms with Crippen LogP contribution in [0.5, 0.6) is 0 Å². The number of nitrogens with zero attached hydrogens (tertiary/aromatic N) is 5. The normalized spacial score (nSPS) is 23.6. The summed E-state index contributed by atoms with van der Waals surface area (Å²) in [6.45, 7) is 4.21. The van der Waals surface area contributed by atoms with Gasteiger partial charge >= 0.3 is 0 Å². The maximum atomic E-state index is 12.5. The minimum atomic E-state index is -3.05. The molecule has 0 radical (unpaired) electrons. The lowest BCUT2D eigenvalue weighted by Crippen LogP contribution is -2.41. The van der Waals surface area contributed by atoms with Crippen molar-refractivity contribution in [2.45, 2.75) is 39.0 Å². The van der Waals surface area contributed by atoms with E-state index < -0.39 is 10.0 Å². The number of hydrogen-bond donors (Lipinski definition) is 1. The molecule has 0 aromatic carbocycles. The van der Waals surface area contributed by atoms with Crippen LogP contribution in [-0.4, -0.2) is 58.1 Å². The van der Waals surface area contributed by atoms with Crippen molar-refractivity contribution in [2.75, 3.05) is 30.7 Å². The van der Waals surface area contributed by atoms with Crippen LogP contribution in [0.1, 0.15) is 37.8 Å². The summed E-state index contributed by atoms with van der Waals surface area (Å²) in [6.07, 6.45) is 7.25. The highest BCUT2D eigenvalue weighted by atomic mass is 32.2. The Balaban J connectivity index is 1.12. The van der Waals surface area contributed by atoms with Gasteiger partial charge in [-0.3, -0.25) is 4.68 Å². The standard InChI is InChI=1S/C21H30N6O2S/c1-15-18(13-26(2)25-15)19-5-6-20(24-23-19)22-12-17-11-21(17)7-9-27(10-8-21)30(28,29)14-16-3-4-16/h5-6,13,16-17H,3-4,7-12,14H2,1-2H3,(H,22,24). The molecule has 3 aliphatic rings. The van der Waals surface area contributed by atoms with Crippen LogP contribution in [0.25, 0.3) is 11.3 Å². The fraction of sp³-hybridized carbons (Fsp3) is 0.667. The molecule has 0 bridgehead atoms. The second kappa shape index (κ2) is 7.30. The minimum absolute atomic E-state index is 0.318. The van der Waals surface area contributed by atoms with Crippen LogP contribution < -0.4 is 5.32 Å². The molecule has 1 unspecified atom stereocenters. The van der Waals surface area contributed by atoms with Gasteiger partial charge in [-0.2, -0.15) is 5.10 Å². The summed E-state index contributed by atoms with van der Waals surface area (Å²) in [6, 6.07) is 3.95. The van der Waals surface area contributed by atoms with E-state index in [-0.39, 0.29) is 0 Å². The van der Waals surface area contributed by atoms with Crippen molar-refractivity contribution in [3.8, 4) is 11.3 Å². The van der Waals surface area contributed by atoms with E-state index in [0.29, 0.717) is 36.1 Å². The first-order chi connectivity index (χ1) is 14.3. The average molecular weight is 431 g/mol. The Kier molecular flexibility index (Phi) is 4.85.